The highest BCUT2D eigenvalue weighted by molar-refractivity contribution is 5.92. The van der Waals surface area contributed by atoms with Crippen molar-refractivity contribution in [2.75, 3.05) is 7.11 Å². The van der Waals surface area contributed by atoms with E-state index >= 15 is 0 Å². The molecule has 0 bridgehead atoms. The number of nitrogens with zero attached hydrogens (tertiary/aromatic N) is 2. The average molecular weight is 422 g/mol. The number of halogens is 1. The number of hydrogen-bond acceptors (Lipinski definition) is 3. The predicted octanol–water partition coefficient (Wildman–Crippen LogP) is 4.44. The van der Waals surface area contributed by atoms with Crippen molar-refractivity contribution in [3.8, 4) is 0 Å². The fourth-order valence-electron chi connectivity index (χ4n) is 4.35. The second-order valence-electron chi connectivity index (χ2n) is 8.44. The Morgan fingerprint density at radius 1 is 1.32 bits per heavy atom. The lowest BCUT2D eigenvalue weighted by molar-refractivity contribution is -0.124. The van der Waals surface area contributed by atoms with Gasteiger partial charge in [-0.05, 0) is 60.2 Å². The first-order valence-corrected chi connectivity index (χ1v) is 10.7. The SMILES string of the molecule is CO/N=C/c1ccc2c(c1)c1c(n2Cc2cccc(F)c2)CC[C@@H](NC(=O)C(C)C)C1. The van der Waals surface area contributed by atoms with Gasteiger partial charge in [-0.25, -0.2) is 4.39 Å². The topological polar surface area (TPSA) is 55.6 Å². The van der Waals surface area contributed by atoms with Crippen LogP contribution in [0.3, 0.4) is 0 Å². The number of nitrogens with one attached hydrogen (secondary N) is 1. The van der Waals surface area contributed by atoms with Gasteiger partial charge in [-0.3, -0.25) is 4.79 Å². The van der Waals surface area contributed by atoms with Crippen LogP contribution in [0.15, 0.2) is 47.6 Å². The fourth-order valence-corrected chi connectivity index (χ4v) is 4.35. The summed E-state index contributed by atoms with van der Waals surface area (Å²) in [6.07, 6.45) is 4.23. The zero-order valence-electron chi connectivity index (χ0n) is 18.2. The molecule has 1 aliphatic rings. The largest absolute Gasteiger partial charge is 0.399 e. The molecule has 4 rings (SSSR count). The summed E-state index contributed by atoms with van der Waals surface area (Å²) in [4.78, 5) is 17.1. The van der Waals surface area contributed by atoms with E-state index in [1.807, 2.05) is 26.0 Å². The summed E-state index contributed by atoms with van der Waals surface area (Å²) in [6, 6.07) is 13.1. The second-order valence-corrected chi connectivity index (χ2v) is 8.44. The Kier molecular flexibility index (Phi) is 6.07. The summed E-state index contributed by atoms with van der Waals surface area (Å²) in [5.74, 6) is -0.171. The molecule has 0 saturated heterocycles. The summed E-state index contributed by atoms with van der Waals surface area (Å²) < 4.78 is 16.1. The lowest BCUT2D eigenvalue weighted by Gasteiger charge is -2.26. The van der Waals surface area contributed by atoms with Crippen LogP contribution in [0.25, 0.3) is 10.9 Å². The molecule has 1 aromatic heterocycles. The van der Waals surface area contributed by atoms with Gasteiger partial charge >= 0.3 is 0 Å². The highest BCUT2D eigenvalue weighted by Crippen LogP contribution is 2.33. The number of carbonyl (C=O) groups excluding carboxylic acids is 1. The molecule has 1 N–H and O–H groups in total. The molecule has 0 unspecified atom stereocenters. The number of oxime groups is 1. The van der Waals surface area contributed by atoms with Gasteiger partial charge in [-0.1, -0.05) is 37.2 Å². The van der Waals surface area contributed by atoms with E-state index in [1.54, 1.807) is 18.3 Å². The Hall–Kier alpha value is -3.15. The summed E-state index contributed by atoms with van der Waals surface area (Å²) in [6.45, 7) is 4.43. The van der Waals surface area contributed by atoms with Crippen molar-refractivity contribution in [2.45, 2.75) is 45.7 Å². The van der Waals surface area contributed by atoms with Crippen LogP contribution in [-0.4, -0.2) is 29.8 Å². The van der Waals surface area contributed by atoms with Gasteiger partial charge in [0.05, 0.1) is 6.21 Å². The Labute approximate surface area is 181 Å². The van der Waals surface area contributed by atoms with Crippen molar-refractivity contribution in [3.63, 3.8) is 0 Å². The standard InChI is InChI=1S/C25H28FN3O2/c1-16(2)25(30)28-20-8-10-24-22(13-20)21-12-17(14-27-31-3)7-9-23(21)29(24)15-18-5-4-6-19(26)11-18/h4-7,9,11-12,14,16,20H,8,10,13,15H2,1-3H3,(H,28,30)/b27-14+/t20-/m1/s1. The molecule has 31 heavy (non-hydrogen) atoms. The summed E-state index contributed by atoms with van der Waals surface area (Å²) in [7, 11) is 1.52. The second kappa shape index (κ2) is 8.92. The molecule has 0 spiro atoms. The van der Waals surface area contributed by atoms with E-state index in [0.29, 0.717) is 6.54 Å². The summed E-state index contributed by atoms with van der Waals surface area (Å²) in [5.41, 5.74) is 5.50. The van der Waals surface area contributed by atoms with Crippen LogP contribution in [0.1, 0.15) is 42.7 Å². The minimum atomic E-state index is -0.225. The Bertz CT molecular complexity index is 1130. The van der Waals surface area contributed by atoms with E-state index in [2.05, 4.69) is 27.2 Å². The number of aromatic nitrogens is 1. The molecular weight excluding hydrogens is 393 g/mol. The third kappa shape index (κ3) is 4.48. The Morgan fingerprint density at radius 3 is 2.90 bits per heavy atom. The molecule has 0 radical (unpaired) electrons. The normalized spacial score (nSPS) is 16.1. The monoisotopic (exact) mass is 421 g/mol. The van der Waals surface area contributed by atoms with Crippen molar-refractivity contribution in [1.82, 2.24) is 9.88 Å². The number of carbonyl (C=O) groups is 1. The minimum absolute atomic E-state index is 0.0347. The number of benzene rings is 2. The van der Waals surface area contributed by atoms with Crippen LogP contribution >= 0.6 is 0 Å². The Morgan fingerprint density at radius 2 is 2.16 bits per heavy atom. The van der Waals surface area contributed by atoms with E-state index < -0.39 is 0 Å². The fraction of sp³-hybridized carbons (Fsp3) is 0.360. The van der Waals surface area contributed by atoms with E-state index in [9.17, 15) is 9.18 Å². The highest BCUT2D eigenvalue weighted by atomic mass is 19.1. The third-order valence-electron chi connectivity index (χ3n) is 5.90. The first-order chi connectivity index (χ1) is 15.0. The van der Waals surface area contributed by atoms with Crippen LogP contribution in [0.2, 0.25) is 0 Å². The maximum Gasteiger partial charge on any atom is 0.222 e. The van der Waals surface area contributed by atoms with Crippen LogP contribution in [-0.2, 0) is 29.0 Å². The van der Waals surface area contributed by atoms with Crippen molar-refractivity contribution >= 4 is 23.0 Å². The predicted molar refractivity (Wildman–Crippen MR) is 121 cm³/mol. The van der Waals surface area contributed by atoms with Gasteiger partial charge in [0.2, 0.25) is 5.91 Å². The van der Waals surface area contributed by atoms with E-state index in [-0.39, 0.29) is 23.7 Å². The van der Waals surface area contributed by atoms with Crippen LogP contribution in [0, 0.1) is 11.7 Å². The number of amides is 1. The van der Waals surface area contributed by atoms with Crippen LogP contribution in [0.5, 0.6) is 0 Å². The van der Waals surface area contributed by atoms with E-state index in [0.717, 1.165) is 41.3 Å². The molecule has 3 aromatic rings. The molecule has 1 amide bonds. The zero-order valence-corrected chi connectivity index (χ0v) is 18.2. The highest BCUT2D eigenvalue weighted by Gasteiger charge is 2.27. The molecule has 0 aliphatic heterocycles. The van der Waals surface area contributed by atoms with E-state index in [4.69, 9.17) is 4.84 Å². The minimum Gasteiger partial charge on any atom is -0.399 e. The average Bonchev–Trinajstić information content (AvgIpc) is 3.04. The van der Waals surface area contributed by atoms with Crippen molar-refractivity contribution in [3.05, 3.63) is 70.7 Å². The van der Waals surface area contributed by atoms with Gasteiger partial charge in [-0.2, -0.15) is 0 Å². The third-order valence-corrected chi connectivity index (χ3v) is 5.90. The summed E-state index contributed by atoms with van der Waals surface area (Å²) in [5, 5.41) is 8.23. The van der Waals surface area contributed by atoms with Crippen LogP contribution in [0.4, 0.5) is 4.39 Å². The van der Waals surface area contributed by atoms with Crippen molar-refractivity contribution < 1.29 is 14.0 Å². The molecule has 0 fully saturated rings. The Balaban J connectivity index is 1.76. The zero-order chi connectivity index (χ0) is 22.0. The first-order valence-electron chi connectivity index (χ1n) is 10.7. The van der Waals surface area contributed by atoms with Gasteiger partial charge in [0.1, 0.15) is 12.9 Å². The molecule has 6 heteroatoms. The molecule has 1 heterocycles. The molecule has 0 saturated carbocycles. The number of hydrogen-bond donors (Lipinski definition) is 1. The van der Waals surface area contributed by atoms with Gasteiger partial charge in [0.15, 0.2) is 0 Å². The van der Waals surface area contributed by atoms with E-state index in [1.165, 1.54) is 24.4 Å². The molecular formula is C25H28FN3O2. The lowest BCUT2D eigenvalue weighted by atomic mass is 9.90. The van der Waals surface area contributed by atoms with Crippen LogP contribution < -0.4 is 5.32 Å². The maximum absolute atomic E-state index is 13.8. The van der Waals surface area contributed by atoms with Gasteiger partial charge < -0.3 is 14.7 Å². The molecule has 1 atom stereocenters. The molecule has 1 aliphatic carbocycles. The van der Waals surface area contributed by atoms with Gasteiger partial charge in [-0.15, -0.1) is 0 Å². The van der Waals surface area contributed by atoms with Crippen molar-refractivity contribution in [2.24, 2.45) is 11.1 Å². The smallest absolute Gasteiger partial charge is 0.222 e. The first kappa shape index (κ1) is 21.1. The summed E-state index contributed by atoms with van der Waals surface area (Å²) >= 11 is 0. The molecule has 2 aromatic carbocycles. The lowest BCUT2D eigenvalue weighted by Crippen LogP contribution is -2.41. The van der Waals surface area contributed by atoms with Gasteiger partial charge in [0.25, 0.3) is 0 Å². The number of rotatable bonds is 6. The van der Waals surface area contributed by atoms with Gasteiger partial charge in [0, 0.05) is 35.1 Å². The molecule has 5 nitrogen and oxygen atoms in total. The quantitative estimate of drug-likeness (QED) is 0.473. The maximum atomic E-state index is 13.8. The van der Waals surface area contributed by atoms with Crippen molar-refractivity contribution in [1.29, 1.82) is 0 Å². The molecule has 162 valence electrons. The number of fused-ring (bicyclic) bond motifs is 3.